The molecule has 0 radical (unpaired) electrons. The van der Waals surface area contributed by atoms with Gasteiger partial charge < -0.3 is 0 Å². The summed E-state index contributed by atoms with van der Waals surface area (Å²) in [6.07, 6.45) is 2.60. The average molecular weight is 266 g/mol. The van der Waals surface area contributed by atoms with E-state index in [1.807, 2.05) is 6.07 Å². The molecule has 1 saturated carbocycles. The molecule has 1 aromatic carbocycles. The summed E-state index contributed by atoms with van der Waals surface area (Å²) in [5.41, 5.74) is 4.59. The van der Waals surface area contributed by atoms with Gasteiger partial charge in [-0.3, -0.25) is 0 Å². The zero-order valence-corrected chi connectivity index (χ0v) is 11.6. The van der Waals surface area contributed by atoms with Crippen molar-refractivity contribution in [2.75, 3.05) is 0 Å². The lowest BCUT2D eigenvalue weighted by molar-refractivity contribution is 1.05. The predicted octanol–water partition coefficient (Wildman–Crippen LogP) is 4.54. The third-order valence-corrected chi connectivity index (χ3v) is 4.54. The molecule has 2 aromatic heterocycles. The van der Waals surface area contributed by atoms with Crippen LogP contribution in [0.25, 0.3) is 21.6 Å². The number of benzene rings is 1. The highest BCUT2D eigenvalue weighted by Crippen LogP contribution is 2.41. The maximum absolute atomic E-state index is 4.75. The first-order valence-electron chi connectivity index (χ1n) is 6.63. The molecular weight excluding hydrogens is 252 g/mol. The summed E-state index contributed by atoms with van der Waals surface area (Å²) in [7, 11) is 0. The fourth-order valence-electron chi connectivity index (χ4n) is 2.43. The van der Waals surface area contributed by atoms with Crippen molar-refractivity contribution >= 4 is 22.2 Å². The third kappa shape index (κ3) is 1.94. The number of thiazole rings is 1. The van der Waals surface area contributed by atoms with Gasteiger partial charge in [0.1, 0.15) is 5.01 Å². The Kier molecular flexibility index (Phi) is 2.42. The molecule has 1 aliphatic carbocycles. The number of fused-ring (bicyclic) bond motifs is 1. The van der Waals surface area contributed by atoms with Crippen LogP contribution in [0.4, 0.5) is 0 Å². The van der Waals surface area contributed by atoms with E-state index in [2.05, 4.69) is 36.6 Å². The molecule has 4 rings (SSSR count). The lowest BCUT2D eigenvalue weighted by Crippen LogP contribution is -1.88. The zero-order chi connectivity index (χ0) is 12.8. The van der Waals surface area contributed by atoms with Crippen LogP contribution in [0.1, 0.15) is 30.0 Å². The van der Waals surface area contributed by atoms with E-state index in [0.717, 1.165) is 16.2 Å². The minimum atomic E-state index is 0.714. The first kappa shape index (κ1) is 11.1. The molecule has 0 atom stereocenters. The second-order valence-corrected chi connectivity index (χ2v) is 6.05. The van der Waals surface area contributed by atoms with E-state index < -0.39 is 0 Å². The average Bonchev–Trinajstić information content (AvgIpc) is 3.16. The Morgan fingerprint density at radius 1 is 1.16 bits per heavy atom. The number of rotatable bonds is 2. The Bertz CT molecular complexity index is 756. The molecule has 0 N–H and O–H groups in total. The van der Waals surface area contributed by atoms with Crippen LogP contribution >= 0.6 is 11.3 Å². The van der Waals surface area contributed by atoms with Crippen LogP contribution < -0.4 is 0 Å². The predicted molar refractivity (Wildman–Crippen MR) is 79.6 cm³/mol. The fourth-order valence-corrected chi connectivity index (χ4v) is 3.29. The minimum absolute atomic E-state index is 0.714. The number of nitrogens with zero attached hydrogens (tertiary/aromatic N) is 2. The van der Waals surface area contributed by atoms with Crippen molar-refractivity contribution < 1.29 is 0 Å². The van der Waals surface area contributed by atoms with E-state index in [1.54, 1.807) is 11.3 Å². The van der Waals surface area contributed by atoms with E-state index >= 15 is 0 Å². The van der Waals surface area contributed by atoms with Crippen molar-refractivity contribution in [3.8, 4) is 10.7 Å². The number of para-hydroxylation sites is 1. The number of hydrogen-bond donors (Lipinski definition) is 0. The fraction of sp³-hybridized carbons (Fsp3) is 0.250. The van der Waals surface area contributed by atoms with Gasteiger partial charge in [0.2, 0.25) is 0 Å². The molecule has 0 unspecified atom stereocenters. The summed E-state index contributed by atoms with van der Waals surface area (Å²) in [5.74, 6) is 0.714. The SMILES string of the molecule is Cc1cc(-c2nc(C3CC3)cs2)nc2ccccc12. The van der Waals surface area contributed by atoms with Gasteiger partial charge in [-0.25, -0.2) is 9.97 Å². The number of pyridine rings is 1. The molecule has 3 aromatic rings. The molecule has 1 aliphatic rings. The lowest BCUT2D eigenvalue weighted by atomic mass is 10.1. The Morgan fingerprint density at radius 2 is 2.00 bits per heavy atom. The van der Waals surface area contributed by atoms with Crippen LogP contribution in [0, 0.1) is 6.92 Å². The number of aromatic nitrogens is 2. The minimum Gasteiger partial charge on any atom is -0.245 e. The van der Waals surface area contributed by atoms with Crippen molar-refractivity contribution in [3.05, 3.63) is 47.0 Å². The maximum Gasteiger partial charge on any atom is 0.142 e. The Morgan fingerprint density at radius 3 is 2.84 bits per heavy atom. The van der Waals surface area contributed by atoms with Gasteiger partial charge in [-0.2, -0.15) is 0 Å². The monoisotopic (exact) mass is 266 g/mol. The second-order valence-electron chi connectivity index (χ2n) is 5.19. The Labute approximate surface area is 116 Å². The van der Waals surface area contributed by atoms with Gasteiger partial charge in [0.05, 0.1) is 16.9 Å². The topological polar surface area (TPSA) is 25.8 Å². The Balaban J connectivity index is 1.85. The van der Waals surface area contributed by atoms with Crippen molar-refractivity contribution in [2.45, 2.75) is 25.7 Å². The summed E-state index contributed by atoms with van der Waals surface area (Å²) in [4.78, 5) is 9.49. The van der Waals surface area contributed by atoms with Crippen molar-refractivity contribution in [1.29, 1.82) is 0 Å². The standard InChI is InChI=1S/C16H14N2S/c1-10-8-14(17-13-5-3-2-4-12(10)13)16-18-15(9-19-16)11-6-7-11/h2-5,8-9,11H,6-7H2,1H3. The zero-order valence-electron chi connectivity index (χ0n) is 10.8. The summed E-state index contributed by atoms with van der Waals surface area (Å²) < 4.78 is 0. The van der Waals surface area contributed by atoms with Gasteiger partial charge in [0.15, 0.2) is 0 Å². The van der Waals surface area contributed by atoms with E-state index in [1.165, 1.54) is 29.5 Å². The molecule has 0 aliphatic heterocycles. The molecule has 0 spiro atoms. The van der Waals surface area contributed by atoms with Crippen molar-refractivity contribution in [2.24, 2.45) is 0 Å². The summed E-state index contributed by atoms with van der Waals surface area (Å²) in [6.45, 7) is 2.14. The van der Waals surface area contributed by atoms with Gasteiger partial charge in [0, 0.05) is 16.7 Å². The van der Waals surface area contributed by atoms with Gasteiger partial charge in [-0.15, -0.1) is 11.3 Å². The Hall–Kier alpha value is -1.74. The first-order chi connectivity index (χ1) is 9.31. The molecule has 19 heavy (non-hydrogen) atoms. The van der Waals surface area contributed by atoms with E-state index in [4.69, 9.17) is 9.97 Å². The van der Waals surface area contributed by atoms with E-state index in [9.17, 15) is 0 Å². The molecule has 2 nitrogen and oxygen atoms in total. The van der Waals surface area contributed by atoms with E-state index in [-0.39, 0.29) is 0 Å². The highest BCUT2D eigenvalue weighted by molar-refractivity contribution is 7.13. The highest BCUT2D eigenvalue weighted by Gasteiger charge is 2.26. The normalized spacial score (nSPS) is 15.0. The van der Waals surface area contributed by atoms with Crippen molar-refractivity contribution in [1.82, 2.24) is 9.97 Å². The number of hydrogen-bond acceptors (Lipinski definition) is 3. The quantitative estimate of drug-likeness (QED) is 0.680. The maximum atomic E-state index is 4.75. The van der Waals surface area contributed by atoms with Gasteiger partial charge in [-0.05, 0) is 37.5 Å². The van der Waals surface area contributed by atoms with Gasteiger partial charge in [-0.1, -0.05) is 18.2 Å². The summed E-state index contributed by atoms with van der Waals surface area (Å²) in [5, 5.41) is 4.47. The third-order valence-electron chi connectivity index (χ3n) is 3.66. The van der Waals surface area contributed by atoms with Crippen LogP contribution in [0.15, 0.2) is 35.7 Å². The smallest absolute Gasteiger partial charge is 0.142 e. The number of aryl methyl sites for hydroxylation is 1. The second kappa shape index (κ2) is 4.14. The van der Waals surface area contributed by atoms with Gasteiger partial charge >= 0.3 is 0 Å². The molecule has 1 fully saturated rings. The molecule has 0 amide bonds. The highest BCUT2D eigenvalue weighted by atomic mass is 32.1. The van der Waals surface area contributed by atoms with E-state index in [0.29, 0.717) is 5.92 Å². The van der Waals surface area contributed by atoms with Crippen LogP contribution in [-0.2, 0) is 0 Å². The first-order valence-corrected chi connectivity index (χ1v) is 7.51. The largest absolute Gasteiger partial charge is 0.245 e. The van der Waals surface area contributed by atoms with Crippen LogP contribution in [0.2, 0.25) is 0 Å². The molecule has 0 bridgehead atoms. The molecule has 94 valence electrons. The van der Waals surface area contributed by atoms with Crippen molar-refractivity contribution in [3.63, 3.8) is 0 Å². The molecule has 3 heteroatoms. The molecule has 0 saturated heterocycles. The summed E-state index contributed by atoms with van der Waals surface area (Å²) >= 11 is 1.71. The lowest BCUT2D eigenvalue weighted by Gasteiger charge is -2.04. The summed E-state index contributed by atoms with van der Waals surface area (Å²) in [6, 6.07) is 10.4. The molecular formula is C16H14N2S. The van der Waals surface area contributed by atoms with Gasteiger partial charge in [0.25, 0.3) is 0 Å². The molecule has 2 heterocycles. The van der Waals surface area contributed by atoms with Crippen LogP contribution in [-0.4, -0.2) is 9.97 Å². The van der Waals surface area contributed by atoms with Crippen LogP contribution in [0.3, 0.4) is 0 Å². The van der Waals surface area contributed by atoms with Crippen LogP contribution in [0.5, 0.6) is 0 Å².